The molecule has 160 valence electrons. The van der Waals surface area contributed by atoms with Crippen molar-refractivity contribution in [2.45, 2.75) is 24.8 Å². The van der Waals surface area contributed by atoms with E-state index >= 15 is 0 Å². The zero-order valence-electron chi connectivity index (χ0n) is 17.2. The number of carbonyl (C=O) groups is 1. The molecule has 0 aromatic heterocycles. The van der Waals surface area contributed by atoms with Crippen molar-refractivity contribution in [2.75, 3.05) is 27.1 Å². The number of aryl methyl sites for hydroxylation is 1. The standard InChI is InChI=1S/C22H25NO6S/c1-4-28-22(24)19-13-14-23(30(25,26)17-11-9-16(2)10-12-17)21(19)18-7-5-6-8-20(18)29-15-27-3/h5-13,21H,4,14-15H2,1-3H3/t21-/m1/s1. The van der Waals surface area contributed by atoms with Gasteiger partial charge in [0.15, 0.2) is 6.79 Å². The van der Waals surface area contributed by atoms with Gasteiger partial charge in [0.05, 0.1) is 23.1 Å². The van der Waals surface area contributed by atoms with E-state index in [1.165, 1.54) is 11.4 Å². The molecule has 1 aliphatic heterocycles. The molecule has 30 heavy (non-hydrogen) atoms. The average Bonchev–Trinajstić information content (AvgIpc) is 3.19. The summed E-state index contributed by atoms with van der Waals surface area (Å²) >= 11 is 0. The van der Waals surface area contributed by atoms with Gasteiger partial charge in [-0.25, -0.2) is 13.2 Å². The van der Waals surface area contributed by atoms with Gasteiger partial charge in [-0.1, -0.05) is 42.0 Å². The minimum absolute atomic E-state index is 0.00704. The monoisotopic (exact) mass is 431 g/mol. The number of ether oxygens (including phenoxy) is 3. The van der Waals surface area contributed by atoms with Crippen molar-refractivity contribution in [2.24, 2.45) is 0 Å². The molecule has 0 N–H and O–H groups in total. The highest BCUT2D eigenvalue weighted by Gasteiger charge is 2.42. The summed E-state index contributed by atoms with van der Waals surface area (Å²) in [6.45, 7) is 3.83. The van der Waals surface area contributed by atoms with Crippen LogP contribution in [-0.2, 0) is 24.3 Å². The third-order valence-electron chi connectivity index (χ3n) is 4.76. The Kier molecular flexibility index (Phi) is 6.91. The third kappa shape index (κ3) is 4.40. The van der Waals surface area contributed by atoms with Crippen LogP contribution in [0.25, 0.3) is 0 Å². The van der Waals surface area contributed by atoms with Crippen LogP contribution in [0.5, 0.6) is 5.75 Å². The van der Waals surface area contributed by atoms with Crippen molar-refractivity contribution in [1.29, 1.82) is 0 Å². The third-order valence-corrected chi connectivity index (χ3v) is 6.60. The number of carbonyl (C=O) groups excluding carboxylic acids is 1. The second-order valence-electron chi connectivity index (χ2n) is 6.76. The Bertz CT molecular complexity index is 1030. The number of rotatable bonds is 8. The highest BCUT2D eigenvalue weighted by atomic mass is 32.2. The lowest BCUT2D eigenvalue weighted by Crippen LogP contribution is -2.33. The van der Waals surface area contributed by atoms with Crippen LogP contribution in [0.3, 0.4) is 0 Å². The second kappa shape index (κ2) is 9.42. The fourth-order valence-electron chi connectivity index (χ4n) is 3.34. The SMILES string of the molecule is CCOC(=O)C1=CCN(S(=O)(=O)c2ccc(C)cc2)[C@@H]1c1ccccc1OCOC. The Labute approximate surface area is 176 Å². The predicted molar refractivity (Wildman–Crippen MR) is 111 cm³/mol. The first-order valence-corrected chi connectivity index (χ1v) is 11.0. The van der Waals surface area contributed by atoms with Gasteiger partial charge in [0.2, 0.25) is 10.0 Å². The number of hydrogen-bond acceptors (Lipinski definition) is 6. The number of sulfonamides is 1. The molecule has 0 saturated carbocycles. The molecule has 3 rings (SSSR count). The van der Waals surface area contributed by atoms with Crippen molar-refractivity contribution in [3.05, 3.63) is 71.3 Å². The zero-order valence-corrected chi connectivity index (χ0v) is 18.0. The molecular weight excluding hydrogens is 406 g/mol. The quantitative estimate of drug-likeness (QED) is 0.472. The molecule has 8 heteroatoms. The lowest BCUT2D eigenvalue weighted by Gasteiger charge is -2.27. The van der Waals surface area contributed by atoms with E-state index < -0.39 is 22.0 Å². The lowest BCUT2D eigenvalue weighted by molar-refractivity contribution is -0.138. The summed E-state index contributed by atoms with van der Waals surface area (Å²) in [7, 11) is -2.39. The van der Waals surface area contributed by atoms with Gasteiger partial charge in [-0.05, 0) is 32.0 Å². The predicted octanol–water partition coefficient (Wildman–Crippen LogP) is 3.21. The molecule has 2 aromatic rings. The van der Waals surface area contributed by atoms with Gasteiger partial charge in [-0.15, -0.1) is 0 Å². The molecular formula is C22H25NO6S. The van der Waals surface area contributed by atoms with Crippen LogP contribution in [0.15, 0.2) is 65.1 Å². The van der Waals surface area contributed by atoms with Crippen LogP contribution in [0.4, 0.5) is 0 Å². The number of benzene rings is 2. The topological polar surface area (TPSA) is 82.1 Å². The van der Waals surface area contributed by atoms with E-state index in [1.54, 1.807) is 61.5 Å². The number of esters is 1. The maximum Gasteiger partial charge on any atom is 0.335 e. The van der Waals surface area contributed by atoms with Crippen molar-refractivity contribution in [1.82, 2.24) is 4.31 Å². The van der Waals surface area contributed by atoms with Crippen LogP contribution in [-0.4, -0.2) is 45.7 Å². The van der Waals surface area contributed by atoms with E-state index in [2.05, 4.69) is 0 Å². The molecule has 1 heterocycles. The largest absolute Gasteiger partial charge is 0.467 e. The minimum atomic E-state index is -3.88. The summed E-state index contributed by atoms with van der Waals surface area (Å²) < 4.78 is 44.0. The second-order valence-corrected chi connectivity index (χ2v) is 8.65. The Morgan fingerprint density at radius 1 is 1.13 bits per heavy atom. The van der Waals surface area contributed by atoms with Crippen LogP contribution in [0, 0.1) is 6.92 Å². The average molecular weight is 432 g/mol. The van der Waals surface area contributed by atoms with E-state index in [-0.39, 0.29) is 30.4 Å². The molecule has 0 bridgehead atoms. The van der Waals surface area contributed by atoms with E-state index in [9.17, 15) is 13.2 Å². The summed E-state index contributed by atoms with van der Waals surface area (Å²) in [5.74, 6) is -0.115. The van der Waals surface area contributed by atoms with Gasteiger partial charge in [-0.2, -0.15) is 4.31 Å². The summed E-state index contributed by atoms with van der Waals surface area (Å²) in [6.07, 6.45) is 1.60. The fraction of sp³-hybridized carbons (Fsp3) is 0.318. The summed E-state index contributed by atoms with van der Waals surface area (Å²) in [5.41, 5.74) is 1.76. The van der Waals surface area contributed by atoms with Gasteiger partial charge in [0.1, 0.15) is 5.75 Å². The van der Waals surface area contributed by atoms with Gasteiger partial charge in [0, 0.05) is 19.2 Å². The van der Waals surface area contributed by atoms with E-state index in [0.29, 0.717) is 11.3 Å². The number of methoxy groups -OCH3 is 1. The Morgan fingerprint density at radius 2 is 1.83 bits per heavy atom. The fourth-order valence-corrected chi connectivity index (χ4v) is 4.86. The number of para-hydroxylation sites is 1. The maximum atomic E-state index is 13.5. The maximum absolute atomic E-state index is 13.5. The number of nitrogens with zero attached hydrogens (tertiary/aromatic N) is 1. The molecule has 0 aliphatic carbocycles. The lowest BCUT2D eigenvalue weighted by atomic mass is 10.00. The summed E-state index contributed by atoms with van der Waals surface area (Å²) in [5, 5.41) is 0. The van der Waals surface area contributed by atoms with Gasteiger partial charge >= 0.3 is 5.97 Å². The molecule has 1 atom stereocenters. The van der Waals surface area contributed by atoms with Crippen LogP contribution < -0.4 is 4.74 Å². The molecule has 0 fully saturated rings. The smallest absolute Gasteiger partial charge is 0.335 e. The van der Waals surface area contributed by atoms with Crippen LogP contribution >= 0.6 is 0 Å². The summed E-state index contributed by atoms with van der Waals surface area (Å²) in [6, 6.07) is 12.7. The van der Waals surface area contributed by atoms with Gasteiger partial charge in [-0.3, -0.25) is 0 Å². The molecule has 0 radical (unpaired) electrons. The highest BCUT2D eigenvalue weighted by Crippen LogP contribution is 2.41. The number of hydrogen-bond donors (Lipinski definition) is 0. The Hall–Kier alpha value is -2.68. The molecule has 0 amide bonds. The molecule has 0 saturated heterocycles. The van der Waals surface area contributed by atoms with Crippen molar-refractivity contribution in [3.63, 3.8) is 0 Å². The van der Waals surface area contributed by atoms with Crippen molar-refractivity contribution < 1.29 is 27.4 Å². The molecule has 0 spiro atoms. The van der Waals surface area contributed by atoms with E-state index in [0.717, 1.165) is 5.56 Å². The first kappa shape index (κ1) is 22.0. The molecule has 1 aliphatic rings. The van der Waals surface area contributed by atoms with E-state index in [4.69, 9.17) is 14.2 Å². The first-order valence-electron chi connectivity index (χ1n) is 9.56. The molecule has 2 aromatic carbocycles. The van der Waals surface area contributed by atoms with Crippen LogP contribution in [0.1, 0.15) is 24.1 Å². The van der Waals surface area contributed by atoms with Gasteiger partial charge in [0.25, 0.3) is 0 Å². The zero-order chi connectivity index (χ0) is 21.7. The van der Waals surface area contributed by atoms with Crippen molar-refractivity contribution >= 4 is 16.0 Å². The normalized spacial score (nSPS) is 16.9. The molecule has 0 unspecified atom stereocenters. The Morgan fingerprint density at radius 3 is 2.50 bits per heavy atom. The van der Waals surface area contributed by atoms with E-state index in [1.807, 2.05) is 6.92 Å². The molecule has 7 nitrogen and oxygen atoms in total. The van der Waals surface area contributed by atoms with Gasteiger partial charge < -0.3 is 14.2 Å². The first-order chi connectivity index (χ1) is 14.4. The highest BCUT2D eigenvalue weighted by molar-refractivity contribution is 7.89. The summed E-state index contributed by atoms with van der Waals surface area (Å²) in [4.78, 5) is 12.8. The van der Waals surface area contributed by atoms with Crippen molar-refractivity contribution in [3.8, 4) is 5.75 Å². The van der Waals surface area contributed by atoms with Crippen LogP contribution in [0.2, 0.25) is 0 Å². The Balaban J connectivity index is 2.08. The minimum Gasteiger partial charge on any atom is -0.467 e.